The third kappa shape index (κ3) is 3.59. The van der Waals surface area contributed by atoms with E-state index in [0.29, 0.717) is 0 Å². The summed E-state index contributed by atoms with van der Waals surface area (Å²) in [4.78, 5) is 4.10. The molecule has 0 aromatic rings. The number of hydrogen-bond acceptors (Lipinski definition) is 1. The van der Waals surface area contributed by atoms with Crippen LogP contribution in [-0.2, 0) is 0 Å². The SMILES string of the molecule is C/C=C\N=C(\C)CC. The van der Waals surface area contributed by atoms with Crippen LogP contribution < -0.4 is 0 Å². The third-order valence-electron chi connectivity index (χ3n) is 0.956. The molecule has 0 aliphatic carbocycles. The first kappa shape index (κ1) is 7.41. The number of nitrogens with zero attached hydrogens (tertiary/aromatic N) is 1. The van der Waals surface area contributed by atoms with Crippen molar-refractivity contribution in [2.24, 2.45) is 4.99 Å². The largest absolute Gasteiger partial charge is 0.266 e. The molecule has 0 N–H and O–H groups in total. The van der Waals surface area contributed by atoms with Crippen molar-refractivity contribution in [1.82, 2.24) is 0 Å². The predicted molar refractivity (Wildman–Crippen MR) is 38.2 cm³/mol. The fourth-order valence-electron chi connectivity index (χ4n) is 0.293. The lowest BCUT2D eigenvalue weighted by Gasteiger charge is -1.86. The van der Waals surface area contributed by atoms with E-state index in [-0.39, 0.29) is 0 Å². The van der Waals surface area contributed by atoms with E-state index in [1.807, 2.05) is 26.1 Å². The Morgan fingerprint density at radius 3 is 2.62 bits per heavy atom. The van der Waals surface area contributed by atoms with Gasteiger partial charge in [-0.25, -0.2) is 0 Å². The van der Waals surface area contributed by atoms with Crippen molar-refractivity contribution in [1.29, 1.82) is 0 Å². The lowest BCUT2D eigenvalue weighted by atomic mass is 10.3. The maximum atomic E-state index is 4.10. The van der Waals surface area contributed by atoms with Gasteiger partial charge in [0.2, 0.25) is 0 Å². The van der Waals surface area contributed by atoms with Gasteiger partial charge in [0.25, 0.3) is 0 Å². The highest BCUT2D eigenvalue weighted by Gasteiger charge is 1.77. The zero-order chi connectivity index (χ0) is 6.41. The molecule has 0 rings (SSSR count). The van der Waals surface area contributed by atoms with Crippen LogP contribution in [0.4, 0.5) is 0 Å². The van der Waals surface area contributed by atoms with Crippen LogP contribution in [0, 0.1) is 0 Å². The summed E-state index contributed by atoms with van der Waals surface area (Å²) in [5.74, 6) is 0. The Morgan fingerprint density at radius 2 is 2.25 bits per heavy atom. The van der Waals surface area contributed by atoms with Crippen molar-refractivity contribution in [3.05, 3.63) is 12.3 Å². The molecule has 0 unspecified atom stereocenters. The van der Waals surface area contributed by atoms with Crippen molar-refractivity contribution in [3.8, 4) is 0 Å². The molecule has 0 spiro atoms. The Hall–Kier alpha value is -0.590. The molecule has 0 aromatic carbocycles. The van der Waals surface area contributed by atoms with Crippen molar-refractivity contribution in [2.45, 2.75) is 27.2 Å². The van der Waals surface area contributed by atoms with Gasteiger partial charge in [-0.1, -0.05) is 13.0 Å². The van der Waals surface area contributed by atoms with E-state index < -0.39 is 0 Å². The molecule has 0 heterocycles. The second kappa shape index (κ2) is 4.57. The van der Waals surface area contributed by atoms with Gasteiger partial charge in [-0.15, -0.1) is 0 Å². The third-order valence-corrected chi connectivity index (χ3v) is 0.956. The molecule has 0 bridgehead atoms. The number of aliphatic imine (C=N–C) groups is 1. The lowest BCUT2D eigenvalue weighted by Crippen LogP contribution is -1.83. The average Bonchev–Trinajstić information content (AvgIpc) is 1.83. The summed E-state index contributed by atoms with van der Waals surface area (Å²) in [5.41, 5.74) is 1.18. The van der Waals surface area contributed by atoms with Gasteiger partial charge in [0.05, 0.1) is 0 Å². The Morgan fingerprint density at radius 1 is 1.62 bits per heavy atom. The summed E-state index contributed by atoms with van der Waals surface area (Å²) in [6.07, 6.45) is 4.79. The Labute approximate surface area is 51.1 Å². The topological polar surface area (TPSA) is 12.4 Å². The molecular weight excluding hydrogens is 98.1 g/mol. The average molecular weight is 111 g/mol. The van der Waals surface area contributed by atoms with Crippen LogP contribution in [0.1, 0.15) is 27.2 Å². The Balaban J connectivity index is 3.57. The summed E-state index contributed by atoms with van der Waals surface area (Å²) >= 11 is 0. The zero-order valence-corrected chi connectivity index (χ0v) is 5.81. The minimum absolute atomic E-state index is 1.05. The summed E-state index contributed by atoms with van der Waals surface area (Å²) in [6, 6.07) is 0. The molecule has 1 heteroatoms. The Bertz CT molecular complexity index is 101. The van der Waals surface area contributed by atoms with E-state index in [1.165, 1.54) is 5.71 Å². The molecule has 0 radical (unpaired) electrons. The van der Waals surface area contributed by atoms with E-state index >= 15 is 0 Å². The van der Waals surface area contributed by atoms with Crippen molar-refractivity contribution in [2.75, 3.05) is 0 Å². The van der Waals surface area contributed by atoms with Crippen molar-refractivity contribution >= 4 is 5.71 Å². The molecule has 0 atom stereocenters. The van der Waals surface area contributed by atoms with Crippen LogP contribution in [0.25, 0.3) is 0 Å². The maximum absolute atomic E-state index is 4.10. The second-order valence-electron chi connectivity index (χ2n) is 1.70. The number of rotatable bonds is 2. The van der Waals surface area contributed by atoms with Gasteiger partial charge < -0.3 is 0 Å². The monoisotopic (exact) mass is 111 g/mol. The van der Waals surface area contributed by atoms with Gasteiger partial charge in [-0.05, 0) is 20.3 Å². The molecule has 0 saturated carbocycles. The minimum Gasteiger partial charge on any atom is -0.266 e. The van der Waals surface area contributed by atoms with E-state index in [2.05, 4.69) is 11.9 Å². The molecular formula is C7H13N. The fourth-order valence-corrected chi connectivity index (χ4v) is 0.293. The summed E-state index contributed by atoms with van der Waals surface area (Å²) in [6.45, 7) is 6.09. The smallest absolute Gasteiger partial charge is 0.0224 e. The molecule has 0 amide bonds. The maximum Gasteiger partial charge on any atom is 0.0224 e. The van der Waals surface area contributed by atoms with E-state index in [1.54, 1.807) is 0 Å². The van der Waals surface area contributed by atoms with Gasteiger partial charge in [0.1, 0.15) is 0 Å². The normalized spacial score (nSPS) is 13.1. The molecule has 0 aliphatic heterocycles. The van der Waals surface area contributed by atoms with Crippen LogP contribution in [0.2, 0.25) is 0 Å². The predicted octanol–water partition coefficient (Wildman–Crippen LogP) is 2.39. The first-order valence-electron chi connectivity index (χ1n) is 2.95. The highest BCUT2D eigenvalue weighted by molar-refractivity contribution is 5.82. The molecule has 0 aromatic heterocycles. The van der Waals surface area contributed by atoms with Crippen LogP contribution in [0.15, 0.2) is 17.3 Å². The standard InChI is InChI=1S/C7H13N/c1-4-6-8-7(3)5-2/h4,6H,5H2,1-3H3/b6-4-,8-7-. The molecule has 46 valence electrons. The summed E-state index contributed by atoms with van der Waals surface area (Å²) in [7, 11) is 0. The van der Waals surface area contributed by atoms with Crippen molar-refractivity contribution < 1.29 is 0 Å². The molecule has 0 aliphatic rings. The quantitative estimate of drug-likeness (QED) is 0.485. The van der Waals surface area contributed by atoms with Gasteiger partial charge in [-0.3, -0.25) is 4.99 Å². The van der Waals surface area contributed by atoms with Gasteiger partial charge in [0.15, 0.2) is 0 Å². The minimum atomic E-state index is 1.05. The summed E-state index contributed by atoms with van der Waals surface area (Å²) in [5, 5.41) is 0. The van der Waals surface area contributed by atoms with Crippen molar-refractivity contribution in [3.63, 3.8) is 0 Å². The van der Waals surface area contributed by atoms with E-state index in [9.17, 15) is 0 Å². The van der Waals surface area contributed by atoms with Gasteiger partial charge in [0, 0.05) is 11.9 Å². The van der Waals surface area contributed by atoms with E-state index in [4.69, 9.17) is 0 Å². The number of allylic oxidation sites excluding steroid dienone is 1. The molecule has 8 heavy (non-hydrogen) atoms. The van der Waals surface area contributed by atoms with Crippen LogP contribution in [0.5, 0.6) is 0 Å². The fraction of sp³-hybridized carbons (Fsp3) is 0.571. The van der Waals surface area contributed by atoms with Crippen LogP contribution in [0.3, 0.4) is 0 Å². The van der Waals surface area contributed by atoms with Crippen LogP contribution >= 0.6 is 0 Å². The Kier molecular flexibility index (Phi) is 4.23. The molecule has 1 nitrogen and oxygen atoms in total. The second-order valence-corrected chi connectivity index (χ2v) is 1.70. The molecule has 0 saturated heterocycles. The van der Waals surface area contributed by atoms with Gasteiger partial charge in [-0.2, -0.15) is 0 Å². The molecule has 0 fully saturated rings. The van der Waals surface area contributed by atoms with Gasteiger partial charge >= 0.3 is 0 Å². The van der Waals surface area contributed by atoms with E-state index in [0.717, 1.165) is 6.42 Å². The highest BCUT2D eigenvalue weighted by Crippen LogP contribution is 1.84. The zero-order valence-electron chi connectivity index (χ0n) is 5.81. The number of hydrogen-bond donors (Lipinski definition) is 0. The first-order valence-corrected chi connectivity index (χ1v) is 2.95. The first-order chi connectivity index (χ1) is 3.81. The summed E-state index contributed by atoms with van der Waals surface area (Å²) < 4.78 is 0. The van der Waals surface area contributed by atoms with Crippen LogP contribution in [-0.4, -0.2) is 5.71 Å². The lowest BCUT2D eigenvalue weighted by molar-refractivity contribution is 1.25. The highest BCUT2D eigenvalue weighted by atomic mass is 14.7.